The highest BCUT2D eigenvalue weighted by Gasteiger charge is 2.27. The van der Waals surface area contributed by atoms with Crippen molar-refractivity contribution in [3.8, 4) is 0 Å². The quantitative estimate of drug-likeness (QED) is 0.0836. The molecule has 0 amide bonds. The fourth-order valence-electron chi connectivity index (χ4n) is 3.34. The molecule has 0 fully saturated rings. The standard InChI is InChI=1S/C25H49O10P/c1-3-5-7-9-10-11-13-14-16-24(28)32-20-23(35-25(29)17-15-12-8-6-4-2)21-34-36(30,31)33-19-22(27)18-26/h22-23,26-27H,3-21H2,1-2H3,(H,30,31)/t22-,23+/m0/s1. The van der Waals surface area contributed by atoms with E-state index >= 15 is 0 Å². The van der Waals surface area contributed by atoms with Gasteiger partial charge < -0.3 is 24.6 Å². The molecular weight excluding hydrogens is 491 g/mol. The molecule has 0 heterocycles. The van der Waals surface area contributed by atoms with Crippen LogP contribution in [0.25, 0.3) is 0 Å². The van der Waals surface area contributed by atoms with Crippen molar-refractivity contribution >= 4 is 19.8 Å². The van der Waals surface area contributed by atoms with E-state index in [1.807, 2.05) is 0 Å². The molecule has 3 atom stereocenters. The van der Waals surface area contributed by atoms with Crippen molar-refractivity contribution < 1.29 is 47.8 Å². The Morgan fingerprint density at radius 1 is 0.722 bits per heavy atom. The zero-order chi connectivity index (χ0) is 27.1. The number of hydrogen-bond donors (Lipinski definition) is 3. The normalized spacial score (nSPS) is 14.7. The molecule has 3 N–H and O–H groups in total. The number of unbranched alkanes of at least 4 members (excludes halogenated alkanes) is 11. The summed E-state index contributed by atoms with van der Waals surface area (Å²) >= 11 is 0. The maximum atomic E-state index is 12.2. The van der Waals surface area contributed by atoms with Crippen LogP contribution in [0.5, 0.6) is 0 Å². The van der Waals surface area contributed by atoms with Gasteiger partial charge in [0.05, 0.1) is 19.8 Å². The SMILES string of the molecule is CCCCCCCCCCC(=O)OC[C@H](COP(=O)(O)OC[C@@H](O)CO)OC(=O)CCCCCCC. The van der Waals surface area contributed by atoms with Crippen LogP contribution in [0.2, 0.25) is 0 Å². The van der Waals surface area contributed by atoms with Crippen molar-refractivity contribution in [3.05, 3.63) is 0 Å². The van der Waals surface area contributed by atoms with Crippen molar-refractivity contribution in [1.29, 1.82) is 0 Å². The number of rotatable bonds is 25. The van der Waals surface area contributed by atoms with Crippen LogP contribution in [0.15, 0.2) is 0 Å². The minimum atomic E-state index is -4.58. The number of carbonyl (C=O) groups excluding carboxylic acids is 2. The molecular formula is C25H49O10P. The first kappa shape index (κ1) is 35.0. The summed E-state index contributed by atoms with van der Waals surface area (Å²) in [5.41, 5.74) is 0. The first-order chi connectivity index (χ1) is 17.2. The summed E-state index contributed by atoms with van der Waals surface area (Å²) in [6.45, 7) is 2.18. The van der Waals surface area contributed by atoms with Gasteiger partial charge in [0.25, 0.3) is 0 Å². The Kier molecular flexibility index (Phi) is 22.5. The third kappa shape index (κ3) is 22.2. The molecule has 214 valence electrons. The van der Waals surface area contributed by atoms with Crippen molar-refractivity contribution in [2.45, 2.75) is 122 Å². The van der Waals surface area contributed by atoms with Gasteiger partial charge in [-0.25, -0.2) is 4.57 Å². The zero-order valence-corrected chi connectivity index (χ0v) is 23.1. The lowest BCUT2D eigenvalue weighted by Gasteiger charge is -2.20. The number of phosphoric ester groups is 1. The molecule has 36 heavy (non-hydrogen) atoms. The molecule has 11 heteroatoms. The highest BCUT2D eigenvalue weighted by atomic mass is 31.2. The fourth-order valence-corrected chi connectivity index (χ4v) is 4.13. The van der Waals surface area contributed by atoms with Crippen molar-refractivity contribution in [2.24, 2.45) is 0 Å². The van der Waals surface area contributed by atoms with E-state index in [0.29, 0.717) is 12.8 Å². The molecule has 0 aromatic carbocycles. The maximum absolute atomic E-state index is 12.2. The molecule has 0 aromatic rings. The van der Waals surface area contributed by atoms with Gasteiger partial charge in [-0.1, -0.05) is 84.5 Å². The number of aliphatic hydroxyl groups is 2. The Morgan fingerprint density at radius 2 is 1.19 bits per heavy atom. The zero-order valence-electron chi connectivity index (χ0n) is 22.2. The maximum Gasteiger partial charge on any atom is 0.472 e. The summed E-state index contributed by atoms with van der Waals surface area (Å²) in [5.74, 6) is -0.945. The highest BCUT2D eigenvalue weighted by Crippen LogP contribution is 2.43. The molecule has 0 aliphatic rings. The van der Waals surface area contributed by atoms with Crippen molar-refractivity contribution in [2.75, 3.05) is 26.4 Å². The van der Waals surface area contributed by atoms with E-state index < -0.39 is 51.8 Å². The second-order valence-electron chi connectivity index (χ2n) is 9.08. The Balaban J connectivity index is 4.51. The van der Waals surface area contributed by atoms with E-state index in [4.69, 9.17) is 19.1 Å². The molecule has 0 radical (unpaired) electrons. The first-order valence-electron chi connectivity index (χ1n) is 13.5. The smallest absolute Gasteiger partial charge is 0.462 e. The second kappa shape index (κ2) is 23.1. The van der Waals surface area contributed by atoms with E-state index in [1.54, 1.807) is 0 Å². The predicted molar refractivity (Wildman–Crippen MR) is 136 cm³/mol. The van der Waals surface area contributed by atoms with Crippen LogP contribution < -0.4 is 0 Å². The number of ether oxygens (including phenoxy) is 2. The fraction of sp³-hybridized carbons (Fsp3) is 0.920. The van der Waals surface area contributed by atoms with E-state index in [1.165, 1.54) is 25.7 Å². The van der Waals surface area contributed by atoms with Gasteiger partial charge in [0, 0.05) is 12.8 Å². The Bertz CT molecular complexity index is 601. The Morgan fingerprint density at radius 3 is 1.72 bits per heavy atom. The number of phosphoric acid groups is 1. The van der Waals surface area contributed by atoms with Crippen LogP contribution >= 0.6 is 7.82 Å². The Hall–Kier alpha value is -1.03. The monoisotopic (exact) mass is 540 g/mol. The summed E-state index contributed by atoms with van der Waals surface area (Å²) < 4.78 is 32.0. The van der Waals surface area contributed by atoms with Gasteiger partial charge >= 0.3 is 19.8 Å². The largest absolute Gasteiger partial charge is 0.472 e. The van der Waals surface area contributed by atoms with Gasteiger partial charge in [0.2, 0.25) is 0 Å². The van der Waals surface area contributed by atoms with Gasteiger partial charge in [0.1, 0.15) is 12.7 Å². The minimum Gasteiger partial charge on any atom is -0.462 e. The first-order valence-corrected chi connectivity index (χ1v) is 15.0. The summed E-state index contributed by atoms with van der Waals surface area (Å²) in [4.78, 5) is 34.1. The second-order valence-corrected chi connectivity index (χ2v) is 10.5. The van der Waals surface area contributed by atoms with Gasteiger partial charge in [-0.15, -0.1) is 0 Å². The number of carbonyl (C=O) groups is 2. The van der Waals surface area contributed by atoms with Crippen LogP contribution in [0.3, 0.4) is 0 Å². The van der Waals surface area contributed by atoms with Gasteiger partial charge in [0.15, 0.2) is 6.10 Å². The summed E-state index contributed by atoms with van der Waals surface area (Å²) in [7, 11) is -4.58. The molecule has 0 aliphatic carbocycles. The molecule has 0 saturated carbocycles. The van der Waals surface area contributed by atoms with Crippen molar-refractivity contribution in [1.82, 2.24) is 0 Å². The van der Waals surface area contributed by atoms with Crippen LogP contribution in [-0.2, 0) is 32.7 Å². The van der Waals surface area contributed by atoms with Gasteiger partial charge in [-0.2, -0.15) is 0 Å². The molecule has 0 saturated heterocycles. The molecule has 1 unspecified atom stereocenters. The Labute approximate surface area is 216 Å². The lowest BCUT2D eigenvalue weighted by molar-refractivity contribution is -0.161. The lowest BCUT2D eigenvalue weighted by Crippen LogP contribution is -2.29. The summed E-state index contributed by atoms with van der Waals surface area (Å²) in [5, 5.41) is 18.0. The van der Waals surface area contributed by atoms with E-state index in [0.717, 1.165) is 44.9 Å². The van der Waals surface area contributed by atoms with E-state index in [-0.39, 0.29) is 19.4 Å². The number of esters is 2. The molecule has 10 nitrogen and oxygen atoms in total. The van der Waals surface area contributed by atoms with Crippen LogP contribution in [0, 0.1) is 0 Å². The number of aliphatic hydroxyl groups excluding tert-OH is 2. The number of hydrogen-bond acceptors (Lipinski definition) is 9. The van der Waals surface area contributed by atoms with E-state index in [2.05, 4.69) is 18.4 Å². The summed E-state index contributed by atoms with van der Waals surface area (Å²) in [6, 6.07) is 0. The van der Waals surface area contributed by atoms with E-state index in [9.17, 15) is 24.2 Å². The minimum absolute atomic E-state index is 0.183. The van der Waals surface area contributed by atoms with Crippen LogP contribution in [0.4, 0.5) is 0 Å². The summed E-state index contributed by atoms with van der Waals surface area (Å²) in [6.07, 6.45) is 11.6. The molecule has 0 rings (SSSR count). The van der Waals surface area contributed by atoms with Crippen LogP contribution in [-0.4, -0.2) is 65.7 Å². The van der Waals surface area contributed by atoms with Gasteiger partial charge in [-0.3, -0.25) is 18.6 Å². The highest BCUT2D eigenvalue weighted by molar-refractivity contribution is 7.47. The average molecular weight is 541 g/mol. The third-order valence-electron chi connectivity index (χ3n) is 5.51. The lowest BCUT2D eigenvalue weighted by atomic mass is 10.1. The van der Waals surface area contributed by atoms with Crippen LogP contribution in [0.1, 0.15) is 110 Å². The molecule has 0 bridgehead atoms. The molecule has 0 aromatic heterocycles. The molecule has 0 spiro atoms. The average Bonchev–Trinajstić information content (AvgIpc) is 2.85. The van der Waals surface area contributed by atoms with Crippen molar-refractivity contribution in [3.63, 3.8) is 0 Å². The van der Waals surface area contributed by atoms with Gasteiger partial charge in [-0.05, 0) is 12.8 Å². The molecule has 0 aliphatic heterocycles. The third-order valence-corrected chi connectivity index (χ3v) is 6.46. The predicted octanol–water partition coefficient (Wildman–Crippen LogP) is 4.82. The topological polar surface area (TPSA) is 149 Å².